The lowest BCUT2D eigenvalue weighted by molar-refractivity contribution is -0.115. The molecule has 0 spiro atoms. The molecule has 142 valence electrons. The van der Waals surface area contributed by atoms with Crippen molar-refractivity contribution in [1.29, 1.82) is 0 Å². The Morgan fingerprint density at radius 2 is 1.61 bits per heavy atom. The number of amides is 1. The van der Waals surface area contributed by atoms with Crippen LogP contribution in [0.2, 0.25) is 0 Å². The Kier molecular flexibility index (Phi) is 5.69. The van der Waals surface area contributed by atoms with Crippen LogP contribution in [0, 0.1) is 0 Å². The summed E-state index contributed by atoms with van der Waals surface area (Å²) in [5.41, 5.74) is 0.899. The van der Waals surface area contributed by atoms with Crippen LogP contribution in [0.25, 0.3) is 10.8 Å². The number of hydrogen-bond donors (Lipinski definition) is 1. The van der Waals surface area contributed by atoms with Gasteiger partial charge in [0, 0.05) is 12.1 Å². The number of benzene rings is 3. The van der Waals surface area contributed by atoms with Gasteiger partial charge in [-0.15, -0.1) is 0 Å². The van der Waals surface area contributed by atoms with Crippen molar-refractivity contribution in [2.45, 2.75) is 13.3 Å². The van der Waals surface area contributed by atoms with E-state index in [2.05, 4.69) is 5.32 Å². The molecule has 0 fully saturated rings. The first-order chi connectivity index (χ1) is 13.5. The van der Waals surface area contributed by atoms with Crippen LogP contribution >= 0.6 is 0 Å². The second kappa shape index (κ2) is 8.35. The zero-order chi connectivity index (χ0) is 20.1. The van der Waals surface area contributed by atoms with E-state index < -0.39 is 11.9 Å². The third-order valence-corrected chi connectivity index (χ3v) is 4.16. The summed E-state index contributed by atoms with van der Waals surface area (Å²) in [7, 11) is 1.27. The number of esters is 2. The van der Waals surface area contributed by atoms with E-state index in [0.29, 0.717) is 12.1 Å². The molecule has 0 aromatic heterocycles. The van der Waals surface area contributed by atoms with Crippen LogP contribution in [0.3, 0.4) is 0 Å². The highest BCUT2D eigenvalue weighted by Crippen LogP contribution is 2.28. The molecule has 6 nitrogen and oxygen atoms in total. The van der Waals surface area contributed by atoms with Crippen LogP contribution in [0.1, 0.15) is 34.1 Å². The highest BCUT2D eigenvalue weighted by atomic mass is 16.5. The van der Waals surface area contributed by atoms with Gasteiger partial charge in [0.05, 0.1) is 12.7 Å². The predicted octanol–water partition coefficient (Wildman–Crippen LogP) is 4.19. The number of methoxy groups -OCH3 is 1. The van der Waals surface area contributed by atoms with E-state index >= 15 is 0 Å². The molecule has 0 aliphatic rings. The molecule has 1 N–H and O–H groups in total. The van der Waals surface area contributed by atoms with Crippen molar-refractivity contribution in [2.24, 2.45) is 0 Å². The van der Waals surface area contributed by atoms with E-state index in [1.165, 1.54) is 13.2 Å². The molecule has 0 bridgehead atoms. The van der Waals surface area contributed by atoms with Gasteiger partial charge in [-0.1, -0.05) is 37.3 Å². The molecule has 0 aliphatic carbocycles. The van der Waals surface area contributed by atoms with Gasteiger partial charge in [-0.05, 0) is 41.1 Å². The topological polar surface area (TPSA) is 81.7 Å². The van der Waals surface area contributed by atoms with Crippen molar-refractivity contribution >= 4 is 34.3 Å². The number of fused-ring (bicyclic) bond motifs is 1. The summed E-state index contributed by atoms with van der Waals surface area (Å²) >= 11 is 0. The minimum Gasteiger partial charge on any atom is -0.465 e. The van der Waals surface area contributed by atoms with Crippen LogP contribution in [0.15, 0.2) is 60.7 Å². The molecule has 28 heavy (non-hydrogen) atoms. The molecule has 0 saturated heterocycles. The second-order valence-electron chi connectivity index (χ2n) is 6.06. The molecule has 0 atom stereocenters. The minimum atomic E-state index is -0.645. The van der Waals surface area contributed by atoms with E-state index in [4.69, 9.17) is 9.47 Å². The van der Waals surface area contributed by atoms with Crippen LogP contribution in [0.5, 0.6) is 5.75 Å². The van der Waals surface area contributed by atoms with Crippen LogP contribution in [0.4, 0.5) is 5.69 Å². The van der Waals surface area contributed by atoms with Gasteiger partial charge in [-0.2, -0.15) is 0 Å². The van der Waals surface area contributed by atoms with Crippen LogP contribution in [-0.4, -0.2) is 25.0 Å². The number of ether oxygens (including phenoxy) is 2. The van der Waals surface area contributed by atoms with Crippen molar-refractivity contribution in [1.82, 2.24) is 0 Å². The maximum absolute atomic E-state index is 12.6. The third kappa shape index (κ3) is 4.17. The number of rotatable bonds is 5. The first kappa shape index (κ1) is 19.1. The van der Waals surface area contributed by atoms with Crippen molar-refractivity contribution in [3.8, 4) is 5.75 Å². The zero-order valence-electron chi connectivity index (χ0n) is 15.5. The van der Waals surface area contributed by atoms with Gasteiger partial charge in [0.15, 0.2) is 0 Å². The Labute approximate surface area is 162 Å². The average Bonchev–Trinajstić information content (AvgIpc) is 2.72. The molecule has 1 amide bonds. The Bertz CT molecular complexity index is 1060. The quantitative estimate of drug-likeness (QED) is 0.532. The summed E-state index contributed by atoms with van der Waals surface area (Å²) < 4.78 is 10.3. The SMILES string of the molecule is CCC(=O)Nc1cccc(C(=O)Oc2cc3ccccc3cc2C(=O)OC)c1. The molecule has 0 unspecified atom stereocenters. The third-order valence-electron chi connectivity index (χ3n) is 4.16. The Morgan fingerprint density at radius 3 is 2.29 bits per heavy atom. The van der Waals surface area contributed by atoms with Gasteiger partial charge in [-0.25, -0.2) is 9.59 Å². The lowest BCUT2D eigenvalue weighted by Gasteiger charge is -2.11. The van der Waals surface area contributed by atoms with Crippen molar-refractivity contribution < 1.29 is 23.9 Å². The van der Waals surface area contributed by atoms with Crippen LogP contribution in [-0.2, 0) is 9.53 Å². The summed E-state index contributed by atoms with van der Waals surface area (Å²) in [6.45, 7) is 1.74. The normalized spacial score (nSPS) is 10.4. The fraction of sp³-hybridized carbons (Fsp3) is 0.136. The highest BCUT2D eigenvalue weighted by molar-refractivity contribution is 6.01. The monoisotopic (exact) mass is 377 g/mol. The molecule has 3 aromatic rings. The second-order valence-corrected chi connectivity index (χ2v) is 6.06. The summed E-state index contributed by atoms with van der Waals surface area (Å²) in [5, 5.41) is 4.34. The Morgan fingerprint density at radius 1 is 0.893 bits per heavy atom. The fourth-order valence-corrected chi connectivity index (χ4v) is 2.71. The molecular weight excluding hydrogens is 358 g/mol. The minimum absolute atomic E-state index is 0.110. The van der Waals surface area contributed by atoms with Crippen molar-refractivity contribution in [3.63, 3.8) is 0 Å². The largest absolute Gasteiger partial charge is 0.465 e. The van der Waals surface area contributed by atoms with Crippen LogP contribution < -0.4 is 10.1 Å². The summed E-state index contributed by atoms with van der Waals surface area (Å²) in [5.74, 6) is -1.29. The predicted molar refractivity (Wildman–Crippen MR) is 106 cm³/mol. The first-order valence-corrected chi connectivity index (χ1v) is 8.75. The van der Waals surface area contributed by atoms with E-state index in [1.54, 1.807) is 37.3 Å². The smallest absolute Gasteiger partial charge is 0.343 e. The Hall–Kier alpha value is -3.67. The highest BCUT2D eigenvalue weighted by Gasteiger charge is 2.18. The Balaban J connectivity index is 1.93. The number of anilines is 1. The molecule has 6 heteroatoms. The zero-order valence-corrected chi connectivity index (χ0v) is 15.5. The molecule has 0 saturated carbocycles. The van der Waals surface area contributed by atoms with Gasteiger partial charge in [0.25, 0.3) is 0 Å². The van der Waals surface area contributed by atoms with Gasteiger partial charge in [-0.3, -0.25) is 4.79 Å². The summed E-state index contributed by atoms with van der Waals surface area (Å²) in [6, 6.07) is 17.1. The molecule has 3 rings (SSSR count). The number of carbonyl (C=O) groups is 3. The summed E-state index contributed by atoms with van der Waals surface area (Å²) in [4.78, 5) is 36.3. The van der Waals surface area contributed by atoms with Gasteiger partial charge in [0.1, 0.15) is 11.3 Å². The average molecular weight is 377 g/mol. The molecule has 0 heterocycles. The fourth-order valence-electron chi connectivity index (χ4n) is 2.71. The molecular formula is C22H19NO5. The molecule has 0 radical (unpaired) electrons. The number of hydrogen-bond acceptors (Lipinski definition) is 5. The summed E-state index contributed by atoms with van der Waals surface area (Å²) in [6.07, 6.45) is 0.328. The molecule has 3 aromatic carbocycles. The van der Waals surface area contributed by atoms with Gasteiger partial charge >= 0.3 is 11.9 Å². The molecule has 0 aliphatic heterocycles. The number of carbonyl (C=O) groups excluding carboxylic acids is 3. The van der Waals surface area contributed by atoms with E-state index in [0.717, 1.165) is 10.8 Å². The van der Waals surface area contributed by atoms with Gasteiger partial charge < -0.3 is 14.8 Å². The standard InChI is InChI=1S/C22H19NO5/c1-3-20(24)23-17-10-6-9-16(11-17)21(25)28-19-13-15-8-5-4-7-14(15)12-18(19)22(26)27-2/h4-13H,3H2,1-2H3,(H,23,24). The number of nitrogens with one attached hydrogen (secondary N) is 1. The maximum Gasteiger partial charge on any atom is 0.343 e. The lowest BCUT2D eigenvalue weighted by atomic mass is 10.1. The van der Waals surface area contributed by atoms with E-state index in [-0.39, 0.29) is 22.8 Å². The maximum atomic E-state index is 12.6. The van der Waals surface area contributed by atoms with Crippen molar-refractivity contribution in [3.05, 3.63) is 71.8 Å². The van der Waals surface area contributed by atoms with E-state index in [9.17, 15) is 14.4 Å². The van der Waals surface area contributed by atoms with Gasteiger partial charge in [0.2, 0.25) is 5.91 Å². The first-order valence-electron chi connectivity index (χ1n) is 8.75. The van der Waals surface area contributed by atoms with Crippen molar-refractivity contribution in [2.75, 3.05) is 12.4 Å². The van der Waals surface area contributed by atoms with E-state index in [1.807, 2.05) is 24.3 Å². The lowest BCUT2D eigenvalue weighted by Crippen LogP contribution is -2.14.